The van der Waals surface area contributed by atoms with Crippen LogP contribution in [0.4, 0.5) is 20.6 Å². The van der Waals surface area contributed by atoms with Crippen molar-refractivity contribution in [3.8, 4) is 17.1 Å². The fourth-order valence-electron chi connectivity index (χ4n) is 3.30. The van der Waals surface area contributed by atoms with E-state index in [0.717, 1.165) is 5.69 Å². The summed E-state index contributed by atoms with van der Waals surface area (Å²) in [5.74, 6) is 0.0771. The number of hydrogen-bond donors (Lipinski definition) is 1. The maximum absolute atomic E-state index is 13.4. The molecule has 1 heterocycles. The maximum Gasteiger partial charge on any atom is 0.413 e. The predicted molar refractivity (Wildman–Crippen MR) is 133 cm³/mol. The van der Waals surface area contributed by atoms with Gasteiger partial charge in [0.15, 0.2) is 11.0 Å². The molecule has 0 unspecified atom stereocenters. The second kappa shape index (κ2) is 10.8. The number of anilines is 2. The van der Waals surface area contributed by atoms with Crippen LogP contribution in [0.5, 0.6) is 0 Å². The molecule has 0 aliphatic heterocycles. The Kier molecular flexibility index (Phi) is 7.41. The van der Waals surface area contributed by atoms with Crippen LogP contribution in [0, 0.1) is 5.82 Å². The molecule has 0 saturated carbocycles. The van der Waals surface area contributed by atoms with Gasteiger partial charge in [0.2, 0.25) is 5.91 Å². The quantitative estimate of drug-likeness (QED) is 0.366. The molecule has 10 heteroatoms. The van der Waals surface area contributed by atoms with E-state index in [9.17, 15) is 14.0 Å². The first kappa shape index (κ1) is 24.0. The van der Waals surface area contributed by atoms with Gasteiger partial charge in [0.25, 0.3) is 0 Å². The fourth-order valence-corrected chi connectivity index (χ4v) is 4.05. The average molecular weight is 492 g/mol. The predicted octanol–water partition coefficient (Wildman–Crippen LogP) is 5.01. The Balaban J connectivity index is 1.48. The third-order valence-electron chi connectivity index (χ3n) is 5.07. The summed E-state index contributed by atoms with van der Waals surface area (Å²) < 4.78 is 20.0. The second-order valence-electron chi connectivity index (χ2n) is 7.40. The Morgan fingerprint density at radius 2 is 1.69 bits per heavy atom. The van der Waals surface area contributed by atoms with Gasteiger partial charge in [-0.25, -0.2) is 9.18 Å². The topological polar surface area (TPSA) is 89.3 Å². The Morgan fingerprint density at radius 3 is 2.34 bits per heavy atom. The number of carbonyl (C=O) groups is 2. The van der Waals surface area contributed by atoms with Crippen LogP contribution >= 0.6 is 11.8 Å². The van der Waals surface area contributed by atoms with Crippen LogP contribution in [-0.2, 0) is 9.53 Å². The minimum Gasteiger partial charge on any atom is -0.452 e. The maximum atomic E-state index is 13.4. The molecule has 0 radical (unpaired) electrons. The van der Waals surface area contributed by atoms with Gasteiger partial charge in [0.05, 0.1) is 12.9 Å². The number of methoxy groups -OCH3 is 1. The largest absolute Gasteiger partial charge is 0.452 e. The summed E-state index contributed by atoms with van der Waals surface area (Å²) >= 11 is 1.24. The molecule has 1 N–H and O–H groups in total. The minimum atomic E-state index is -0.485. The molecule has 0 aliphatic rings. The number of nitrogens with zero attached hydrogens (tertiary/aromatic N) is 4. The van der Waals surface area contributed by atoms with Crippen LogP contribution in [0.1, 0.15) is 0 Å². The number of halogens is 1. The van der Waals surface area contributed by atoms with Gasteiger partial charge in [-0.3, -0.25) is 14.3 Å². The number of thioether (sulfide) groups is 1. The third-order valence-corrected chi connectivity index (χ3v) is 6.00. The summed E-state index contributed by atoms with van der Waals surface area (Å²) in [4.78, 5) is 25.6. The van der Waals surface area contributed by atoms with Crippen molar-refractivity contribution in [3.63, 3.8) is 0 Å². The Bertz CT molecular complexity index is 1310. The van der Waals surface area contributed by atoms with Crippen molar-refractivity contribution in [2.24, 2.45) is 0 Å². The zero-order chi connectivity index (χ0) is 24.8. The van der Waals surface area contributed by atoms with Gasteiger partial charge in [0, 0.05) is 29.7 Å². The summed E-state index contributed by atoms with van der Waals surface area (Å²) in [6, 6.07) is 22.4. The van der Waals surface area contributed by atoms with E-state index >= 15 is 0 Å². The van der Waals surface area contributed by atoms with Gasteiger partial charge in [-0.1, -0.05) is 30.0 Å². The molecule has 4 aromatic rings. The molecule has 2 amide bonds. The van der Waals surface area contributed by atoms with Gasteiger partial charge in [0.1, 0.15) is 5.82 Å². The zero-order valence-corrected chi connectivity index (χ0v) is 19.8. The van der Waals surface area contributed by atoms with Crippen LogP contribution < -0.4 is 10.2 Å². The Labute approximate surface area is 205 Å². The van der Waals surface area contributed by atoms with Crippen molar-refractivity contribution < 1.29 is 18.7 Å². The molecule has 178 valence electrons. The molecule has 8 nitrogen and oxygen atoms in total. The van der Waals surface area contributed by atoms with Gasteiger partial charge in [-0.15, -0.1) is 10.2 Å². The highest BCUT2D eigenvalue weighted by molar-refractivity contribution is 7.99. The first-order valence-corrected chi connectivity index (χ1v) is 11.6. The number of amides is 2. The van der Waals surface area contributed by atoms with Crippen molar-refractivity contribution >= 4 is 35.1 Å². The van der Waals surface area contributed by atoms with E-state index in [1.807, 2.05) is 34.9 Å². The van der Waals surface area contributed by atoms with Gasteiger partial charge < -0.3 is 10.1 Å². The lowest BCUT2D eigenvalue weighted by Crippen LogP contribution is -2.25. The summed E-state index contributed by atoms with van der Waals surface area (Å²) in [6.07, 6.45) is -0.485. The van der Waals surface area contributed by atoms with E-state index < -0.39 is 6.09 Å². The molecular formula is C25H22FN5O3S. The molecule has 3 aromatic carbocycles. The van der Waals surface area contributed by atoms with Crippen molar-refractivity contribution in [3.05, 3.63) is 84.7 Å². The van der Waals surface area contributed by atoms with E-state index in [2.05, 4.69) is 15.5 Å². The lowest BCUT2D eigenvalue weighted by atomic mass is 10.2. The molecule has 35 heavy (non-hydrogen) atoms. The number of nitrogens with one attached hydrogen (secondary N) is 1. The van der Waals surface area contributed by atoms with Gasteiger partial charge in [-0.2, -0.15) is 0 Å². The number of rotatable bonds is 7. The van der Waals surface area contributed by atoms with E-state index in [-0.39, 0.29) is 17.5 Å². The smallest absolute Gasteiger partial charge is 0.413 e. The molecule has 0 atom stereocenters. The van der Waals surface area contributed by atoms with Crippen molar-refractivity contribution in [2.75, 3.05) is 30.1 Å². The highest BCUT2D eigenvalue weighted by atomic mass is 32.2. The van der Waals surface area contributed by atoms with Crippen LogP contribution in [-0.4, -0.2) is 46.7 Å². The van der Waals surface area contributed by atoms with Gasteiger partial charge >= 0.3 is 6.09 Å². The number of benzene rings is 3. The monoisotopic (exact) mass is 491 g/mol. The van der Waals surface area contributed by atoms with Crippen molar-refractivity contribution in [2.45, 2.75) is 5.16 Å². The van der Waals surface area contributed by atoms with E-state index in [1.54, 1.807) is 43.4 Å². The van der Waals surface area contributed by atoms with Crippen molar-refractivity contribution in [1.29, 1.82) is 0 Å². The van der Waals surface area contributed by atoms with Crippen LogP contribution in [0.3, 0.4) is 0 Å². The second-order valence-corrected chi connectivity index (χ2v) is 8.34. The minimum absolute atomic E-state index is 0.0954. The van der Waals surface area contributed by atoms with E-state index in [1.165, 1.54) is 35.9 Å². The highest BCUT2D eigenvalue weighted by Gasteiger charge is 2.17. The molecule has 0 fully saturated rings. The Morgan fingerprint density at radius 1 is 1.00 bits per heavy atom. The zero-order valence-electron chi connectivity index (χ0n) is 19.0. The third kappa shape index (κ3) is 5.67. The number of aromatic nitrogens is 3. The normalized spacial score (nSPS) is 10.6. The molecule has 0 aliphatic carbocycles. The van der Waals surface area contributed by atoms with E-state index in [0.29, 0.717) is 27.9 Å². The van der Waals surface area contributed by atoms with Crippen LogP contribution in [0.2, 0.25) is 0 Å². The fraction of sp³-hybridized carbons (Fsp3) is 0.120. The summed E-state index contributed by atoms with van der Waals surface area (Å²) in [5.41, 5.74) is 2.75. The highest BCUT2D eigenvalue weighted by Crippen LogP contribution is 2.28. The summed E-state index contributed by atoms with van der Waals surface area (Å²) in [7, 11) is 2.91. The van der Waals surface area contributed by atoms with Crippen LogP contribution in [0.25, 0.3) is 17.1 Å². The lowest BCUT2D eigenvalue weighted by molar-refractivity contribution is -0.113. The standard InChI is InChI=1S/C25H22FN5O3S/c1-30(25(33)34-2)20-14-12-19(13-15-20)27-22(32)16-35-24-29-28-23(17-8-10-18(26)11-9-17)31(24)21-6-4-3-5-7-21/h3-15H,16H2,1-2H3,(H,27,32). The van der Waals surface area contributed by atoms with Crippen molar-refractivity contribution in [1.82, 2.24) is 14.8 Å². The molecular weight excluding hydrogens is 469 g/mol. The molecule has 0 saturated heterocycles. The first-order chi connectivity index (χ1) is 17.0. The van der Waals surface area contributed by atoms with E-state index in [4.69, 9.17) is 4.74 Å². The Hall–Kier alpha value is -4.18. The van der Waals surface area contributed by atoms with Crippen LogP contribution in [0.15, 0.2) is 84.0 Å². The number of carbonyl (C=O) groups excluding carboxylic acids is 2. The first-order valence-electron chi connectivity index (χ1n) is 10.6. The molecule has 1 aromatic heterocycles. The lowest BCUT2D eigenvalue weighted by Gasteiger charge is -2.16. The molecule has 0 bridgehead atoms. The SMILES string of the molecule is COC(=O)N(C)c1ccc(NC(=O)CSc2nnc(-c3ccc(F)cc3)n2-c2ccccc2)cc1. The molecule has 4 rings (SSSR count). The number of ether oxygens (including phenoxy) is 1. The number of hydrogen-bond acceptors (Lipinski definition) is 6. The molecule has 0 spiro atoms. The summed E-state index contributed by atoms with van der Waals surface area (Å²) in [5, 5.41) is 11.9. The number of para-hydroxylation sites is 1. The summed E-state index contributed by atoms with van der Waals surface area (Å²) in [6.45, 7) is 0. The average Bonchev–Trinajstić information content (AvgIpc) is 3.32. The van der Waals surface area contributed by atoms with Gasteiger partial charge in [-0.05, 0) is 60.7 Å².